The SMILES string of the molecule is O=C(/C=C/c1ccc([N+](=O)[O-])cc1)NCCC(O)c1cccs1. The lowest BCUT2D eigenvalue weighted by Gasteiger charge is -2.08. The Balaban J connectivity index is 1.76. The smallest absolute Gasteiger partial charge is 0.269 e. The molecule has 120 valence electrons. The summed E-state index contributed by atoms with van der Waals surface area (Å²) in [5.74, 6) is -0.276. The van der Waals surface area contributed by atoms with Gasteiger partial charge in [-0.05, 0) is 41.6 Å². The third kappa shape index (κ3) is 5.32. The van der Waals surface area contributed by atoms with Crippen molar-refractivity contribution in [3.05, 3.63) is 68.4 Å². The van der Waals surface area contributed by atoms with Crippen LogP contribution >= 0.6 is 11.3 Å². The van der Waals surface area contributed by atoms with E-state index in [1.807, 2.05) is 17.5 Å². The van der Waals surface area contributed by atoms with E-state index < -0.39 is 11.0 Å². The van der Waals surface area contributed by atoms with Gasteiger partial charge in [-0.1, -0.05) is 6.07 Å². The van der Waals surface area contributed by atoms with Crippen LogP contribution in [0.3, 0.4) is 0 Å². The predicted octanol–water partition coefficient (Wildman–Crippen LogP) is 2.91. The molecule has 0 spiro atoms. The van der Waals surface area contributed by atoms with Gasteiger partial charge in [-0.3, -0.25) is 14.9 Å². The van der Waals surface area contributed by atoms with E-state index in [4.69, 9.17) is 0 Å². The molecule has 2 N–H and O–H groups in total. The normalized spacial score (nSPS) is 12.2. The van der Waals surface area contributed by atoms with E-state index in [1.165, 1.54) is 29.5 Å². The fourth-order valence-corrected chi connectivity index (χ4v) is 2.64. The number of thiophene rings is 1. The van der Waals surface area contributed by atoms with Crippen LogP contribution in [0.15, 0.2) is 47.9 Å². The molecule has 23 heavy (non-hydrogen) atoms. The molecule has 1 heterocycles. The van der Waals surface area contributed by atoms with E-state index in [2.05, 4.69) is 5.32 Å². The first kappa shape index (κ1) is 16.9. The van der Waals surface area contributed by atoms with Gasteiger partial charge in [0.15, 0.2) is 0 Å². The summed E-state index contributed by atoms with van der Waals surface area (Å²) in [5, 5.41) is 25.0. The zero-order valence-corrected chi connectivity index (χ0v) is 13.0. The van der Waals surface area contributed by atoms with Crippen LogP contribution in [0.4, 0.5) is 5.69 Å². The second-order valence-electron chi connectivity index (χ2n) is 4.79. The second-order valence-corrected chi connectivity index (χ2v) is 5.77. The van der Waals surface area contributed by atoms with Gasteiger partial charge in [0, 0.05) is 29.6 Å². The summed E-state index contributed by atoms with van der Waals surface area (Å²) < 4.78 is 0. The minimum absolute atomic E-state index is 0.00849. The lowest BCUT2D eigenvalue weighted by Crippen LogP contribution is -2.23. The number of non-ortho nitro benzene ring substituents is 1. The minimum atomic E-state index is -0.575. The van der Waals surface area contributed by atoms with Crippen molar-refractivity contribution in [1.82, 2.24) is 5.32 Å². The maximum atomic E-state index is 11.7. The number of rotatable bonds is 7. The Kier molecular flexibility index (Phi) is 6.02. The fourth-order valence-electron chi connectivity index (χ4n) is 1.89. The quantitative estimate of drug-likeness (QED) is 0.463. The van der Waals surface area contributed by atoms with Gasteiger partial charge in [0.25, 0.3) is 5.69 Å². The summed E-state index contributed by atoms with van der Waals surface area (Å²) >= 11 is 1.48. The van der Waals surface area contributed by atoms with E-state index in [9.17, 15) is 20.0 Å². The van der Waals surface area contributed by atoms with E-state index >= 15 is 0 Å². The van der Waals surface area contributed by atoms with Gasteiger partial charge >= 0.3 is 0 Å². The highest BCUT2D eigenvalue weighted by atomic mass is 32.1. The highest BCUT2D eigenvalue weighted by Gasteiger charge is 2.08. The summed E-state index contributed by atoms with van der Waals surface area (Å²) in [5.41, 5.74) is 0.707. The highest BCUT2D eigenvalue weighted by molar-refractivity contribution is 7.10. The number of nitrogens with zero attached hydrogens (tertiary/aromatic N) is 1. The molecule has 1 aromatic carbocycles. The first-order chi connectivity index (χ1) is 11.1. The Morgan fingerprint density at radius 1 is 1.35 bits per heavy atom. The molecule has 0 bridgehead atoms. The molecule has 0 radical (unpaired) electrons. The maximum absolute atomic E-state index is 11.7. The van der Waals surface area contributed by atoms with Gasteiger partial charge in [0.2, 0.25) is 5.91 Å². The number of nitrogens with one attached hydrogen (secondary N) is 1. The van der Waals surface area contributed by atoms with Crippen molar-refractivity contribution in [3.63, 3.8) is 0 Å². The number of nitro benzene ring substituents is 1. The topological polar surface area (TPSA) is 92.5 Å². The zero-order valence-electron chi connectivity index (χ0n) is 12.2. The third-order valence-electron chi connectivity index (χ3n) is 3.12. The molecule has 6 nitrogen and oxygen atoms in total. The molecule has 1 unspecified atom stereocenters. The minimum Gasteiger partial charge on any atom is -0.388 e. The Labute approximate surface area is 137 Å². The number of hydrogen-bond donors (Lipinski definition) is 2. The van der Waals surface area contributed by atoms with Crippen LogP contribution in [0.5, 0.6) is 0 Å². The van der Waals surface area contributed by atoms with Gasteiger partial charge < -0.3 is 10.4 Å². The molecule has 0 fully saturated rings. The van der Waals surface area contributed by atoms with Crippen molar-refractivity contribution in [3.8, 4) is 0 Å². The molecule has 1 amide bonds. The van der Waals surface area contributed by atoms with Crippen LogP contribution in [0.1, 0.15) is 23.0 Å². The van der Waals surface area contributed by atoms with Gasteiger partial charge in [-0.25, -0.2) is 0 Å². The Bertz CT molecular complexity index is 681. The van der Waals surface area contributed by atoms with Crippen molar-refractivity contribution in [2.75, 3.05) is 6.54 Å². The predicted molar refractivity (Wildman–Crippen MR) is 89.0 cm³/mol. The van der Waals surface area contributed by atoms with Crippen LogP contribution in [0, 0.1) is 10.1 Å². The van der Waals surface area contributed by atoms with Crippen LogP contribution in [-0.4, -0.2) is 22.5 Å². The molecule has 2 rings (SSSR count). The van der Waals surface area contributed by atoms with E-state index in [0.717, 1.165) is 4.88 Å². The number of carbonyl (C=O) groups excluding carboxylic acids is 1. The lowest BCUT2D eigenvalue weighted by molar-refractivity contribution is -0.384. The number of aliphatic hydroxyl groups excluding tert-OH is 1. The molecule has 0 aliphatic heterocycles. The number of benzene rings is 1. The highest BCUT2D eigenvalue weighted by Crippen LogP contribution is 2.20. The van der Waals surface area contributed by atoms with Crippen molar-refractivity contribution >= 4 is 29.0 Å². The molecule has 7 heteroatoms. The zero-order chi connectivity index (χ0) is 16.7. The number of nitro groups is 1. The van der Waals surface area contributed by atoms with Crippen LogP contribution in [0.25, 0.3) is 6.08 Å². The Morgan fingerprint density at radius 2 is 2.09 bits per heavy atom. The monoisotopic (exact) mass is 332 g/mol. The number of amides is 1. The fraction of sp³-hybridized carbons (Fsp3) is 0.188. The summed E-state index contributed by atoms with van der Waals surface area (Å²) in [4.78, 5) is 22.6. The first-order valence-electron chi connectivity index (χ1n) is 6.98. The maximum Gasteiger partial charge on any atom is 0.269 e. The first-order valence-corrected chi connectivity index (χ1v) is 7.86. The van der Waals surface area contributed by atoms with Gasteiger partial charge in [0.05, 0.1) is 11.0 Å². The van der Waals surface area contributed by atoms with Crippen LogP contribution in [-0.2, 0) is 4.79 Å². The van der Waals surface area contributed by atoms with Gasteiger partial charge in [-0.2, -0.15) is 0 Å². The molecule has 0 saturated heterocycles. The molecule has 2 aromatic rings. The number of carbonyl (C=O) groups is 1. The van der Waals surface area contributed by atoms with Crippen LogP contribution in [0.2, 0.25) is 0 Å². The van der Waals surface area contributed by atoms with E-state index in [1.54, 1.807) is 18.2 Å². The van der Waals surface area contributed by atoms with Gasteiger partial charge in [-0.15, -0.1) is 11.3 Å². The largest absolute Gasteiger partial charge is 0.388 e. The Morgan fingerprint density at radius 3 is 2.70 bits per heavy atom. The summed E-state index contributed by atoms with van der Waals surface area (Å²) in [7, 11) is 0. The summed E-state index contributed by atoms with van der Waals surface area (Å²) in [6.07, 6.45) is 2.80. The average Bonchev–Trinajstić information content (AvgIpc) is 3.07. The van der Waals surface area contributed by atoms with E-state index in [0.29, 0.717) is 18.5 Å². The average molecular weight is 332 g/mol. The van der Waals surface area contributed by atoms with Gasteiger partial charge in [0.1, 0.15) is 0 Å². The molecule has 1 aromatic heterocycles. The lowest BCUT2D eigenvalue weighted by atomic mass is 10.2. The molecule has 1 atom stereocenters. The van der Waals surface area contributed by atoms with E-state index in [-0.39, 0.29) is 11.6 Å². The standard InChI is InChI=1S/C16H16N2O4S/c19-14(15-2-1-11-23-15)9-10-17-16(20)8-5-12-3-6-13(7-4-12)18(21)22/h1-8,11,14,19H,9-10H2,(H,17,20)/b8-5+. The second kappa shape index (κ2) is 8.21. The molecule has 0 aliphatic carbocycles. The Hall–Kier alpha value is -2.51. The third-order valence-corrected chi connectivity index (χ3v) is 4.09. The van der Waals surface area contributed by atoms with Crippen molar-refractivity contribution < 1.29 is 14.8 Å². The summed E-state index contributed by atoms with van der Waals surface area (Å²) in [6, 6.07) is 9.63. The van der Waals surface area contributed by atoms with Crippen LogP contribution < -0.4 is 5.32 Å². The molecular weight excluding hydrogens is 316 g/mol. The number of hydrogen-bond acceptors (Lipinski definition) is 5. The molecule has 0 saturated carbocycles. The summed E-state index contributed by atoms with van der Waals surface area (Å²) in [6.45, 7) is 0.364. The number of aliphatic hydroxyl groups is 1. The molecular formula is C16H16N2O4S. The van der Waals surface area contributed by atoms with Crippen molar-refractivity contribution in [1.29, 1.82) is 0 Å². The van der Waals surface area contributed by atoms with Crippen molar-refractivity contribution in [2.45, 2.75) is 12.5 Å². The van der Waals surface area contributed by atoms with Crippen molar-refractivity contribution in [2.24, 2.45) is 0 Å². The molecule has 0 aliphatic rings.